The van der Waals surface area contributed by atoms with Gasteiger partial charge in [0, 0.05) is 12.1 Å². The van der Waals surface area contributed by atoms with Gasteiger partial charge in [0.25, 0.3) is 0 Å². The Balaban J connectivity index is 2.14. The summed E-state index contributed by atoms with van der Waals surface area (Å²) in [5.74, 6) is -1.10. The molecule has 22 heavy (non-hydrogen) atoms. The molecule has 3 rings (SSSR count). The van der Waals surface area contributed by atoms with Gasteiger partial charge in [-0.1, -0.05) is 6.07 Å². The van der Waals surface area contributed by atoms with Crippen LogP contribution in [0.1, 0.15) is 35.3 Å². The lowest BCUT2D eigenvalue weighted by Crippen LogP contribution is -2.50. The van der Waals surface area contributed by atoms with Crippen molar-refractivity contribution in [3.05, 3.63) is 29.7 Å². The van der Waals surface area contributed by atoms with Gasteiger partial charge < -0.3 is 14.8 Å². The molecule has 1 saturated heterocycles. The zero-order valence-electron chi connectivity index (χ0n) is 12.1. The van der Waals surface area contributed by atoms with Crippen LogP contribution < -0.4 is 5.32 Å². The average molecular weight is 324 g/mol. The largest absolute Gasteiger partial charge is 0.478 e. The fourth-order valence-corrected chi connectivity index (χ4v) is 5.08. The SMILES string of the molecule is C[C@@H]1CS(=O)(=O)C(c2nc3c(C(=O)O)cccc3o2)[C@@H](C)N1. The number of para-hydroxylation sites is 1. The van der Waals surface area contributed by atoms with Crippen LogP contribution in [-0.4, -0.2) is 42.3 Å². The van der Waals surface area contributed by atoms with E-state index in [0.717, 1.165) is 0 Å². The van der Waals surface area contributed by atoms with E-state index in [1.807, 2.05) is 0 Å². The van der Waals surface area contributed by atoms with E-state index in [0.29, 0.717) is 0 Å². The van der Waals surface area contributed by atoms with Crippen molar-refractivity contribution in [2.45, 2.75) is 31.2 Å². The summed E-state index contributed by atoms with van der Waals surface area (Å²) in [5.41, 5.74) is 0.441. The third-order valence-electron chi connectivity index (χ3n) is 3.78. The number of hydrogen-bond acceptors (Lipinski definition) is 6. The summed E-state index contributed by atoms with van der Waals surface area (Å²) in [4.78, 5) is 15.4. The molecular weight excluding hydrogens is 308 g/mol. The maximum atomic E-state index is 12.4. The Morgan fingerprint density at radius 1 is 1.41 bits per heavy atom. The highest BCUT2D eigenvalue weighted by Gasteiger charge is 2.42. The van der Waals surface area contributed by atoms with E-state index in [2.05, 4.69) is 10.3 Å². The molecule has 2 aromatic rings. The summed E-state index contributed by atoms with van der Waals surface area (Å²) in [7, 11) is -3.42. The molecule has 1 aliphatic heterocycles. The zero-order valence-corrected chi connectivity index (χ0v) is 12.9. The fourth-order valence-electron chi connectivity index (χ4n) is 2.97. The number of nitrogens with zero attached hydrogens (tertiary/aromatic N) is 1. The average Bonchev–Trinajstić information content (AvgIpc) is 2.78. The maximum Gasteiger partial charge on any atom is 0.338 e. The van der Waals surface area contributed by atoms with Gasteiger partial charge in [-0.15, -0.1) is 0 Å². The lowest BCUT2D eigenvalue weighted by Gasteiger charge is -2.31. The molecule has 7 nitrogen and oxygen atoms in total. The van der Waals surface area contributed by atoms with Crippen LogP contribution in [0.25, 0.3) is 11.1 Å². The van der Waals surface area contributed by atoms with Gasteiger partial charge in [-0.05, 0) is 26.0 Å². The van der Waals surface area contributed by atoms with E-state index >= 15 is 0 Å². The highest BCUT2D eigenvalue weighted by molar-refractivity contribution is 7.91. The number of benzene rings is 1. The predicted molar refractivity (Wildman–Crippen MR) is 79.6 cm³/mol. The number of rotatable bonds is 2. The van der Waals surface area contributed by atoms with Crippen molar-refractivity contribution in [2.75, 3.05) is 5.75 Å². The molecular formula is C14H16N2O5S. The molecule has 0 amide bonds. The second-order valence-electron chi connectivity index (χ2n) is 5.62. The number of carbonyl (C=O) groups is 1. The van der Waals surface area contributed by atoms with Crippen LogP contribution in [0.3, 0.4) is 0 Å². The lowest BCUT2D eigenvalue weighted by molar-refractivity contribution is 0.0699. The van der Waals surface area contributed by atoms with E-state index in [1.54, 1.807) is 26.0 Å². The number of carboxylic acids is 1. The topological polar surface area (TPSA) is 110 Å². The summed E-state index contributed by atoms with van der Waals surface area (Å²) in [6, 6.07) is 4.02. The normalized spacial score (nSPS) is 27.8. The molecule has 1 aromatic carbocycles. The first-order chi connectivity index (χ1) is 10.3. The number of aromatic carboxylic acids is 1. The predicted octanol–water partition coefficient (Wildman–Crippen LogP) is 1.36. The van der Waals surface area contributed by atoms with E-state index in [-0.39, 0.29) is 40.4 Å². The van der Waals surface area contributed by atoms with E-state index in [9.17, 15) is 18.3 Å². The Morgan fingerprint density at radius 2 is 2.14 bits per heavy atom. The van der Waals surface area contributed by atoms with Crippen molar-refractivity contribution in [3.8, 4) is 0 Å². The van der Waals surface area contributed by atoms with Crippen LogP contribution in [0.15, 0.2) is 22.6 Å². The molecule has 0 spiro atoms. The summed E-state index contributed by atoms with van der Waals surface area (Å²) in [5, 5.41) is 11.4. The Labute approximate surface area is 127 Å². The number of nitrogens with one attached hydrogen (secondary N) is 1. The van der Waals surface area contributed by atoms with E-state index in [4.69, 9.17) is 4.42 Å². The number of hydrogen-bond donors (Lipinski definition) is 2. The van der Waals surface area contributed by atoms with Crippen LogP contribution in [0, 0.1) is 0 Å². The maximum absolute atomic E-state index is 12.4. The molecule has 1 aliphatic rings. The highest BCUT2D eigenvalue weighted by atomic mass is 32.2. The molecule has 0 saturated carbocycles. The lowest BCUT2D eigenvalue weighted by atomic mass is 10.2. The van der Waals surface area contributed by atoms with Gasteiger partial charge in [0.15, 0.2) is 20.7 Å². The third-order valence-corrected chi connectivity index (χ3v) is 6.13. The van der Waals surface area contributed by atoms with Crippen LogP contribution in [0.4, 0.5) is 0 Å². The van der Waals surface area contributed by atoms with Crippen LogP contribution in [-0.2, 0) is 9.84 Å². The van der Waals surface area contributed by atoms with E-state index < -0.39 is 21.1 Å². The van der Waals surface area contributed by atoms with Gasteiger partial charge in [-0.25, -0.2) is 18.2 Å². The molecule has 118 valence electrons. The van der Waals surface area contributed by atoms with Crippen molar-refractivity contribution in [1.82, 2.24) is 10.3 Å². The molecule has 1 unspecified atom stereocenters. The standard InChI is InChI=1S/C14H16N2O5S/c1-7-6-22(19,20)12(8(2)15-7)13-16-11-9(14(17)18)4-3-5-10(11)21-13/h3-5,7-8,12,15H,6H2,1-2H3,(H,17,18)/t7-,8-,12?/m1/s1. The van der Waals surface area contributed by atoms with Gasteiger partial charge in [0.05, 0.1) is 11.3 Å². The minimum Gasteiger partial charge on any atom is -0.478 e. The summed E-state index contributed by atoms with van der Waals surface area (Å²) in [6.07, 6.45) is 0. The van der Waals surface area contributed by atoms with Gasteiger partial charge in [0.1, 0.15) is 5.52 Å². The molecule has 0 aliphatic carbocycles. The van der Waals surface area contributed by atoms with E-state index in [1.165, 1.54) is 6.07 Å². The van der Waals surface area contributed by atoms with Gasteiger partial charge in [-0.3, -0.25) is 0 Å². The minimum atomic E-state index is -3.42. The molecule has 0 bridgehead atoms. The van der Waals surface area contributed by atoms with Crippen molar-refractivity contribution in [3.63, 3.8) is 0 Å². The van der Waals surface area contributed by atoms with Gasteiger partial charge >= 0.3 is 5.97 Å². The molecule has 3 atom stereocenters. The monoisotopic (exact) mass is 324 g/mol. The quantitative estimate of drug-likeness (QED) is 0.858. The highest BCUT2D eigenvalue weighted by Crippen LogP contribution is 2.33. The van der Waals surface area contributed by atoms with Gasteiger partial charge in [-0.2, -0.15) is 0 Å². The number of oxazole rings is 1. The summed E-state index contributed by atoms with van der Waals surface area (Å²) >= 11 is 0. The molecule has 0 radical (unpaired) electrons. The summed E-state index contributed by atoms with van der Waals surface area (Å²) < 4.78 is 30.4. The smallest absolute Gasteiger partial charge is 0.338 e. The van der Waals surface area contributed by atoms with Crippen molar-refractivity contribution >= 4 is 26.9 Å². The van der Waals surface area contributed by atoms with Crippen molar-refractivity contribution in [2.24, 2.45) is 0 Å². The number of aromatic nitrogens is 1. The van der Waals surface area contributed by atoms with Crippen molar-refractivity contribution in [1.29, 1.82) is 0 Å². The number of sulfone groups is 1. The minimum absolute atomic E-state index is 0.00492. The number of fused-ring (bicyclic) bond motifs is 1. The fraction of sp³-hybridized carbons (Fsp3) is 0.429. The first kappa shape index (κ1) is 15.0. The third kappa shape index (κ3) is 2.38. The van der Waals surface area contributed by atoms with Gasteiger partial charge in [0.2, 0.25) is 5.89 Å². The molecule has 2 N–H and O–H groups in total. The molecule has 8 heteroatoms. The Morgan fingerprint density at radius 3 is 2.77 bits per heavy atom. The van der Waals surface area contributed by atoms with Crippen LogP contribution in [0.2, 0.25) is 0 Å². The first-order valence-corrected chi connectivity index (χ1v) is 8.61. The Kier molecular flexibility index (Phi) is 3.45. The van der Waals surface area contributed by atoms with Crippen LogP contribution in [0.5, 0.6) is 0 Å². The second kappa shape index (κ2) is 5.06. The zero-order chi connectivity index (χ0) is 16.1. The Hall–Kier alpha value is -1.93. The van der Waals surface area contributed by atoms with Crippen molar-refractivity contribution < 1.29 is 22.7 Å². The van der Waals surface area contributed by atoms with Crippen LogP contribution >= 0.6 is 0 Å². The second-order valence-corrected chi connectivity index (χ2v) is 7.78. The molecule has 1 aromatic heterocycles. The first-order valence-electron chi connectivity index (χ1n) is 6.90. The Bertz CT molecular complexity index is 842. The number of carboxylic acid groups (broad SMARTS) is 1. The molecule has 2 heterocycles. The molecule has 1 fully saturated rings. The summed E-state index contributed by atoms with van der Waals surface area (Å²) in [6.45, 7) is 3.56.